The number of halogens is 3. The van der Waals surface area contributed by atoms with Gasteiger partial charge in [-0.25, -0.2) is 9.78 Å². The van der Waals surface area contributed by atoms with Crippen molar-refractivity contribution in [2.75, 3.05) is 31.6 Å². The maximum absolute atomic E-state index is 13.7. The molecule has 0 aliphatic carbocycles. The molecule has 31 heavy (non-hydrogen) atoms. The normalized spacial score (nSPS) is 14.9. The highest BCUT2D eigenvalue weighted by molar-refractivity contribution is 7.17. The first kappa shape index (κ1) is 22.6. The Morgan fingerprint density at radius 1 is 1.39 bits per heavy atom. The number of ether oxygens (including phenoxy) is 1. The van der Waals surface area contributed by atoms with E-state index >= 15 is 0 Å². The summed E-state index contributed by atoms with van der Waals surface area (Å²) in [6, 6.07) is 2.68. The number of aromatic nitrogens is 1. The van der Waals surface area contributed by atoms with Crippen LogP contribution < -0.4 is 15.5 Å². The van der Waals surface area contributed by atoms with Crippen LogP contribution in [0.5, 0.6) is 0 Å². The van der Waals surface area contributed by atoms with Crippen LogP contribution in [0.2, 0.25) is 0 Å². The molecule has 12 heteroatoms. The van der Waals surface area contributed by atoms with Crippen molar-refractivity contribution in [1.82, 2.24) is 15.6 Å². The van der Waals surface area contributed by atoms with Gasteiger partial charge in [0.2, 0.25) is 0 Å². The van der Waals surface area contributed by atoms with Gasteiger partial charge in [0.1, 0.15) is 12.4 Å². The fourth-order valence-corrected chi connectivity index (χ4v) is 4.34. The monoisotopic (exact) mass is 455 g/mol. The number of piperidine rings is 1. The molecule has 0 spiro atoms. The number of hydrogen-bond acceptors (Lipinski definition) is 7. The lowest BCUT2D eigenvalue weighted by Gasteiger charge is -2.33. The zero-order valence-corrected chi connectivity index (χ0v) is 17.4. The zero-order chi connectivity index (χ0) is 22.6. The second-order valence-electron chi connectivity index (χ2n) is 6.88. The molecule has 1 aliphatic heterocycles. The molecular weight excluding hydrogens is 435 g/mol. The molecule has 2 aromatic rings. The number of nitrogens with zero attached hydrogens (tertiary/aromatic N) is 3. The summed E-state index contributed by atoms with van der Waals surface area (Å²) in [6.07, 6.45) is -4.14. The Labute approximate surface area is 180 Å². The van der Waals surface area contributed by atoms with Gasteiger partial charge in [0.15, 0.2) is 0 Å². The molecule has 0 bridgehead atoms. The number of alkyl halides is 3. The molecule has 166 valence electrons. The van der Waals surface area contributed by atoms with Crippen LogP contribution in [0, 0.1) is 11.3 Å². The number of anilines is 1. The number of pyridine rings is 1. The van der Waals surface area contributed by atoms with Crippen LogP contribution in [0.3, 0.4) is 0 Å². The molecule has 3 rings (SSSR count). The fraction of sp³-hybridized carbons (Fsp3) is 0.474. The minimum atomic E-state index is -4.59. The predicted octanol–water partition coefficient (Wildman–Crippen LogP) is 3.28. The molecule has 0 radical (unpaired) electrons. The molecule has 1 aliphatic rings. The molecular formula is C19H20F3N5O3S. The molecule has 1 saturated heterocycles. The number of rotatable bonds is 5. The van der Waals surface area contributed by atoms with E-state index in [9.17, 15) is 22.8 Å². The lowest BCUT2D eigenvalue weighted by molar-refractivity contribution is -0.136. The van der Waals surface area contributed by atoms with E-state index in [1.54, 1.807) is 4.90 Å². The van der Waals surface area contributed by atoms with Gasteiger partial charge in [0.05, 0.1) is 33.8 Å². The Bertz CT molecular complexity index is 1010. The molecule has 0 unspecified atom stereocenters. The minimum Gasteiger partial charge on any atom is -0.448 e. The van der Waals surface area contributed by atoms with Gasteiger partial charge in [-0.1, -0.05) is 0 Å². The molecule has 2 N–H and O–H groups in total. The van der Waals surface area contributed by atoms with Gasteiger partial charge in [-0.2, -0.15) is 18.4 Å². The van der Waals surface area contributed by atoms with Gasteiger partial charge in [0.25, 0.3) is 5.91 Å². The molecule has 3 heterocycles. The predicted molar refractivity (Wildman–Crippen MR) is 108 cm³/mol. The highest BCUT2D eigenvalue weighted by Crippen LogP contribution is 2.40. The standard InChI is InChI=1S/C19H20F3N5O3S/c1-24-17(28)12-10-31-16-13(19(20,21)22)9-14(26-15(12)16)27-6-3-11(4-7-27)25-18(29)30-8-2-5-23/h9-11H,2-4,6-8H2,1H3,(H,24,28)(H,25,29). The summed E-state index contributed by atoms with van der Waals surface area (Å²) in [7, 11) is 1.41. The Kier molecular flexibility index (Phi) is 6.84. The van der Waals surface area contributed by atoms with Gasteiger partial charge in [0, 0.05) is 31.6 Å². The number of fused-ring (bicyclic) bond motifs is 1. The topological polar surface area (TPSA) is 107 Å². The summed E-state index contributed by atoms with van der Waals surface area (Å²) in [6.45, 7) is 0.746. The summed E-state index contributed by atoms with van der Waals surface area (Å²) in [5.74, 6) is -0.361. The zero-order valence-electron chi connectivity index (χ0n) is 16.6. The number of carbonyl (C=O) groups is 2. The van der Waals surface area contributed by atoms with Crippen molar-refractivity contribution < 1.29 is 27.5 Å². The maximum atomic E-state index is 13.7. The van der Waals surface area contributed by atoms with Crippen LogP contribution in [0.25, 0.3) is 10.2 Å². The first-order valence-electron chi connectivity index (χ1n) is 9.51. The third-order valence-electron chi connectivity index (χ3n) is 4.87. The summed E-state index contributed by atoms with van der Waals surface area (Å²) in [5, 5.41) is 15.0. The smallest absolute Gasteiger partial charge is 0.417 e. The third-order valence-corrected chi connectivity index (χ3v) is 5.88. The average molecular weight is 455 g/mol. The van der Waals surface area contributed by atoms with E-state index < -0.39 is 23.7 Å². The van der Waals surface area contributed by atoms with Gasteiger partial charge >= 0.3 is 12.3 Å². The highest BCUT2D eigenvalue weighted by Gasteiger charge is 2.36. The number of alkyl carbamates (subject to hydrolysis) is 1. The van der Waals surface area contributed by atoms with Crippen LogP contribution in [0.1, 0.15) is 35.2 Å². The van der Waals surface area contributed by atoms with Crippen molar-refractivity contribution in [2.45, 2.75) is 31.5 Å². The molecule has 1 fully saturated rings. The summed E-state index contributed by atoms with van der Waals surface area (Å²) < 4.78 is 45.8. The SMILES string of the molecule is CNC(=O)c1csc2c(C(F)(F)F)cc(N3CCC(NC(=O)OCCC#N)CC3)nc12. The number of nitriles is 1. The Balaban J connectivity index is 1.78. The second kappa shape index (κ2) is 9.38. The van der Waals surface area contributed by atoms with E-state index in [0.29, 0.717) is 25.9 Å². The van der Waals surface area contributed by atoms with Crippen LogP contribution in [0.4, 0.5) is 23.8 Å². The summed E-state index contributed by atoms with van der Waals surface area (Å²) >= 11 is 0.838. The lowest BCUT2D eigenvalue weighted by Crippen LogP contribution is -2.45. The van der Waals surface area contributed by atoms with E-state index in [1.807, 2.05) is 6.07 Å². The molecule has 8 nitrogen and oxygen atoms in total. The van der Waals surface area contributed by atoms with Crippen molar-refractivity contribution in [3.63, 3.8) is 0 Å². The number of thiophene rings is 1. The number of nitrogens with one attached hydrogen (secondary N) is 2. The Morgan fingerprint density at radius 3 is 2.71 bits per heavy atom. The van der Waals surface area contributed by atoms with Crippen molar-refractivity contribution >= 4 is 39.4 Å². The molecule has 0 saturated carbocycles. The number of hydrogen-bond donors (Lipinski definition) is 2. The van der Waals surface area contributed by atoms with E-state index in [1.165, 1.54) is 12.4 Å². The van der Waals surface area contributed by atoms with Gasteiger partial charge in [-0.3, -0.25) is 4.79 Å². The molecule has 0 aromatic carbocycles. The number of carbonyl (C=O) groups excluding carboxylic acids is 2. The van der Waals surface area contributed by atoms with Crippen molar-refractivity contribution in [1.29, 1.82) is 5.26 Å². The molecule has 2 amide bonds. The Hall–Kier alpha value is -3.07. The first-order chi connectivity index (χ1) is 14.7. The molecule has 2 aromatic heterocycles. The second-order valence-corrected chi connectivity index (χ2v) is 7.76. The van der Waals surface area contributed by atoms with E-state index in [4.69, 9.17) is 10.00 Å². The van der Waals surface area contributed by atoms with Crippen LogP contribution in [-0.2, 0) is 10.9 Å². The quantitative estimate of drug-likeness (QED) is 0.670. The maximum Gasteiger partial charge on any atom is 0.417 e. The fourth-order valence-electron chi connectivity index (χ4n) is 3.31. The van der Waals surface area contributed by atoms with E-state index in [0.717, 1.165) is 17.4 Å². The van der Waals surface area contributed by atoms with E-state index in [2.05, 4.69) is 15.6 Å². The van der Waals surface area contributed by atoms with Crippen LogP contribution in [0.15, 0.2) is 11.4 Å². The first-order valence-corrected chi connectivity index (χ1v) is 10.4. The average Bonchev–Trinajstić information content (AvgIpc) is 3.16. The van der Waals surface area contributed by atoms with Crippen LogP contribution >= 0.6 is 11.3 Å². The highest BCUT2D eigenvalue weighted by atomic mass is 32.1. The van der Waals surface area contributed by atoms with Gasteiger partial charge in [-0.05, 0) is 18.9 Å². The Morgan fingerprint density at radius 2 is 2.10 bits per heavy atom. The van der Waals surface area contributed by atoms with Crippen molar-refractivity contribution in [2.24, 2.45) is 0 Å². The van der Waals surface area contributed by atoms with Crippen molar-refractivity contribution in [3.05, 3.63) is 22.6 Å². The lowest BCUT2D eigenvalue weighted by atomic mass is 10.0. The van der Waals surface area contributed by atoms with Crippen molar-refractivity contribution in [3.8, 4) is 6.07 Å². The number of amides is 2. The third kappa shape index (κ3) is 5.16. The van der Waals surface area contributed by atoms with Crippen LogP contribution in [-0.4, -0.2) is 49.8 Å². The largest absolute Gasteiger partial charge is 0.448 e. The summed E-state index contributed by atoms with van der Waals surface area (Å²) in [5.41, 5.74) is -0.698. The van der Waals surface area contributed by atoms with E-state index in [-0.39, 0.29) is 40.7 Å². The molecule has 0 atom stereocenters. The van der Waals surface area contributed by atoms with Gasteiger partial charge in [-0.15, -0.1) is 11.3 Å². The van der Waals surface area contributed by atoms with Gasteiger partial charge < -0.3 is 20.3 Å². The minimum absolute atomic E-state index is 0.000354. The summed E-state index contributed by atoms with van der Waals surface area (Å²) in [4.78, 5) is 29.9.